The van der Waals surface area contributed by atoms with Crippen LogP contribution in [0.15, 0.2) is 60.4 Å². The molecule has 0 aromatic heterocycles. The van der Waals surface area contributed by atoms with Gasteiger partial charge in [0.2, 0.25) is 0 Å². The Bertz CT molecular complexity index is 1150. The van der Waals surface area contributed by atoms with Crippen LogP contribution in [0.2, 0.25) is 0 Å². The molecule has 0 spiro atoms. The first-order chi connectivity index (χ1) is 14.6. The van der Waals surface area contributed by atoms with Gasteiger partial charge in [0.1, 0.15) is 5.76 Å². The Morgan fingerprint density at radius 2 is 1.52 bits per heavy atom. The number of aliphatic hydroxyl groups is 1. The SMILES string of the molecule is COc1cc(/C=C/C(=O)/C=C(O)\C=C\c2ccc(OS(N)(=O)=O)c(OC)c2)ccc1O. The van der Waals surface area contributed by atoms with Gasteiger partial charge in [0.05, 0.1) is 14.2 Å². The van der Waals surface area contributed by atoms with E-state index in [9.17, 15) is 23.4 Å². The molecule has 0 atom stereocenters. The largest absolute Gasteiger partial charge is 0.508 e. The van der Waals surface area contributed by atoms with Crippen molar-refractivity contribution in [2.24, 2.45) is 5.14 Å². The number of benzene rings is 2. The lowest BCUT2D eigenvalue weighted by Gasteiger charge is -2.08. The highest BCUT2D eigenvalue weighted by Gasteiger charge is 2.11. The molecule has 0 saturated carbocycles. The average molecular weight is 447 g/mol. The van der Waals surface area contributed by atoms with Crippen LogP contribution in [0.4, 0.5) is 0 Å². The maximum Gasteiger partial charge on any atom is 0.380 e. The van der Waals surface area contributed by atoms with E-state index >= 15 is 0 Å². The van der Waals surface area contributed by atoms with Gasteiger partial charge >= 0.3 is 10.3 Å². The summed E-state index contributed by atoms with van der Waals surface area (Å²) in [6.07, 6.45) is 6.53. The summed E-state index contributed by atoms with van der Waals surface area (Å²) in [5.74, 6) is -0.497. The summed E-state index contributed by atoms with van der Waals surface area (Å²) in [5, 5.41) is 24.4. The summed E-state index contributed by atoms with van der Waals surface area (Å²) < 4.78 is 36.8. The third-order valence-electron chi connectivity index (χ3n) is 3.77. The van der Waals surface area contributed by atoms with Crippen molar-refractivity contribution in [1.82, 2.24) is 0 Å². The number of rotatable bonds is 9. The molecule has 0 heterocycles. The molecule has 2 aromatic rings. The molecule has 0 unspecified atom stereocenters. The van der Waals surface area contributed by atoms with Crippen molar-refractivity contribution < 1.29 is 37.1 Å². The fourth-order valence-corrected chi connectivity index (χ4v) is 2.77. The van der Waals surface area contributed by atoms with Crippen molar-refractivity contribution in [2.45, 2.75) is 0 Å². The van der Waals surface area contributed by atoms with Gasteiger partial charge < -0.3 is 23.9 Å². The highest BCUT2D eigenvalue weighted by Crippen LogP contribution is 2.29. The number of ketones is 1. The molecule has 2 rings (SSSR count). The molecule has 9 nitrogen and oxygen atoms in total. The van der Waals surface area contributed by atoms with E-state index in [0.717, 1.165) is 6.08 Å². The molecule has 0 aliphatic rings. The predicted molar refractivity (Wildman–Crippen MR) is 115 cm³/mol. The smallest absolute Gasteiger partial charge is 0.380 e. The van der Waals surface area contributed by atoms with Gasteiger partial charge in [-0.1, -0.05) is 24.3 Å². The highest BCUT2D eigenvalue weighted by atomic mass is 32.2. The summed E-state index contributed by atoms with van der Waals surface area (Å²) in [5.41, 5.74) is 1.16. The van der Waals surface area contributed by atoms with Crippen molar-refractivity contribution in [3.05, 3.63) is 71.5 Å². The van der Waals surface area contributed by atoms with Crippen LogP contribution in [0.1, 0.15) is 11.1 Å². The number of aliphatic hydroxyl groups excluding tert-OH is 1. The number of methoxy groups -OCH3 is 2. The Balaban J connectivity index is 2.09. The third kappa shape index (κ3) is 7.53. The Kier molecular flexibility index (Phi) is 7.83. The van der Waals surface area contributed by atoms with Gasteiger partial charge in [-0.25, -0.2) is 0 Å². The van der Waals surface area contributed by atoms with Crippen molar-refractivity contribution in [1.29, 1.82) is 0 Å². The third-order valence-corrected chi connectivity index (χ3v) is 4.19. The average Bonchev–Trinajstić information content (AvgIpc) is 2.71. The summed E-state index contributed by atoms with van der Waals surface area (Å²) in [6, 6.07) is 8.90. The minimum atomic E-state index is -4.20. The fraction of sp³-hybridized carbons (Fsp3) is 0.0952. The standard InChI is InChI=1S/C21H21NO8S/c1-28-20-11-14(5-9-18(20)25)3-7-16(23)13-17(24)8-4-15-6-10-19(21(12-15)29-2)30-31(22,26)27/h3-13,24-25H,1-2H3,(H2,22,26,27)/b7-3+,8-4+,17-13+. The molecule has 0 aliphatic heterocycles. The van der Waals surface area contributed by atoms with Gasteiger partial charge in [0.25, 0.3) is 0 Å². The minimum absolute atomic E-state index is 0.0190. The van der Waals surface area contributed by atoms with Crippen LogP contribution in [0.3, 0.4) is 0 Å². The number of carbonyl (C=O) groups is 1. The van der Waals surface area contributed by atoms with Crippen molar-refractivity contribution >= 4 is 28.2 Å². The molecule has 0 saturated heterocycles. The molecule has 0 fully saturated rings. The van der Waals surface area contributed by atoms with Crippen LogP contribution < -0.4 is 18.8 Å². The van der Waals surface area contributed by atoms with Crippen molar-refractivity contribution in [3.8, 4) is 23.0 Å². The molecule has 0 aliphatic carbocycles. The first-order valence-electron chi connectivity index (χ1n) is 8.69. The summed E-state index contributed by atoms with van der Waals surface area (Å²) >= 11 is 0. The van der Waals surface area contributed by atoms with E-state index < -0.39 is 16.1 Å². The van der Waals surface area contributed by atoms with Crippen molar-refractivity contribution in [2.75, 3.05) is 14.2 Å². The zero-order valence-corrected chi connectivity index (χ0v) is 17.5. The summed E-state index contributed by atoms with van der Waals surface area (Å²) in [4.78, 5) is 12.0. The predicted octanol–water partition coefficient (Wildman–Crippen LogP) is 2.73. The van der Waals surface area contributed by atoms with Crippen LogP contribution in [-0.2, 0) is 15.1 Å². The van der Waals surface area contributed by atoms with Gasteiger partial charge in [-0.15, -0.1) is 0 Å². The maximum atomic E-state index is 12.0. The van der Waals surface area contributed by atoms with E-state index in [4.69, 9.17) is 14.6 Å². The molecule has 164 valence electrons. The van der Waals surface area contributed by atoms with Crippen molar-refractivity contribution in [3.63, 3.8) is 0 Å². The monoisotopic (exact) mass is 447 g/mol. The Morgan fingerprint density at radius 1 is 0.935 bits per heavy atom. The van der Waals surface area contributed by atoms with Gasteiger partial charge in [0.15, 0.2) is 28.8 Å². The number of aromatic hydroxyl groups is 1. The normalized spacial score (nSPS) is 12.3. The molecule has 4 N–H and O–H groups in total. The molecule has 2 aromatic carbocycles. The van der Waals surface area contributed by atoms with Gasteiger partial charge in [-0.3, -0.25) is 4.79 Å². The Hall–Kier alpha value is -3.76. The molecule has 31 heavy (non-hydrogen) atoms. The van der Waals surface area contributed by atoms with Crippen LogP contribution in [-0.4, -0.2) is 38.6 Å². The zero-order valence-electron chi connectivity index (χ0n) is 16.7. The second-order valence-electron chi connectivity index (χ2n) is 6.06. The number of phenolic OH excluding ortho intramolecular Hbond substituents is 1. The lowest BCUT2D eigenvalue weighted by Crippen LogP contribution is -2.19. The van der Waals surface area contributed by atoms with E-state index in [2.05, 4.69) is 4.18 Å². The molecule has 10 heteroatoms. The number of nitrogens with two attached hydrogens (primary N) is 1. The quantitative estimate of drug-likeness (QED) is 0.302. The molecule has 0 amide bonds. The van der Waals surface area contributed by atoms with Gasteiger partial charge in [0, 0.05) is 6.08 Å². The second-order valence-corrected chi connectivity index (χ2v) is 7.21. The highest BCUT2D eigenvalue weighted by molar-refractivity contribution is 7.84. The summed E-state index contributed by atoms with van der Waals surface area (Å²) in [6.45, 7) is 0. The molecule has 0 radical (unpaired) electrons. The van der Waals surface area contributed by atoms with E-state index in [0.29, 0.717) is 11.1 Å². The molecular weight excluding hydrogens is 426 g/mol. The number of allylic oxidation sites excluding steroid dienone is 3. The minimum Gasteiger partial charge on any atom is -0.508 e. The lowest BCUT2D eigenvalue weighted by atomic mass is 10.1. The van der Waals surface area contributed by atoms with E-state index in [1.807, 2.05) is 0 Å². The molecular formula is C21H21NO8S. The van der Waals surface area contributed by atoms with E-state index in [-0.39, 0.29) is 28.8 Å². The van der Waals surface area contributed by atoms with Crippen LogP contribution >= 0.6 is 0 Å². The van der Waals surface area contributed by atoms with Gasteiger partial charge in [-0.05, 0) is 47.5 Å². The van der Waals surface area contributed by atoms with Crippen LogP contribution in [0, 0.1) is 0 Å². The van der Waals surface area contributed by atoms with Gasteiger partial charge in [-0.2, -0.15) is 13.6 Å². The number of carbonyl (C=O) groups excluding carboxylic acids is 1. The van der Waals surface area contributed by atoms with Crippen LogP contribution in [0.5, 0.6) is 23.0 Å². The number of hydrogen-bond acceptors (Lipinski definition) is 8. The first-order valence-corrected chi connectivity index (χ1v) is 10.2. The lowest BCUT2D eigenvalue weighted by molar-refractivity contribution is -0.110. The fourth-order valence-electron chi connectivity index (χ4n) is 2.38. The molecule has 0 bridgehead atoms. The first kappa shape index (κ1) is 23.5. The number of phenols is 1. The second kappa shape index (κ2) is 10.3. The van der Waals surface area contributed by atoms with Crippen LogP contribution in [0.25, 0.3) is 12.2 Å². The Labute approximate surface area is 179 Å². The zero-order chi connectivity index (χ0) is 23.0. The maximum absolute atomic E-state index is 12.0. The number of hydrogen-bond donors (Lipinski definition) is 3. The van der Waals surface area contributed by atoms with E-state index in [1.165, 1.54) is 62.8 Å². The Morgan fingerprint density at radius 3 is 2.13 bits per heavy atom. The van der Waals surface area contributed by atoms with E-state index in [1.54, 1.807) is 12.1 Å². The topological polar surface area (TPSA) is 145 Å². The summed E-state index contributed by atoms with van der Waals surface area (Å²) in [7, 11) is -1.47. The number of ether oxygens (including phenoxy) is 2.